The molecular weight excluding hydrogens is 398 g/mol. The van der Waals surface area contributed by atoms with E-state index in [1.807, 2.05) is 12.1 Å². The van der Waals surface area contributed by atoms with Crippen LogP contribution in [0.2, 0.25) is 0 Å². The number of piperidine rings is 1. The van der Waals surface area contributed by atoms with Crippen molar-refractivity contribution in [1.29, 1.82) is 0 Å². The molecule has 3 N–H and O–H groups in total. The highest BCUT2D eigenvalue weighted by molar-refractivity contribution is 6.05. The van der Waals surface area contributed by atoms with Crippen LogP contribution in [0.15, 0.2) is 18.2 Å². The summed E-state index contributed by atoms with van der Waals surface area (Å²) in [5.74, 6) is -0.171. The van der Waals surface area contributed by atoms with E-state index in [4.69, 9.17) is 4.74 Å². The Morgan fingerprint density at radius 2 is 1.97 bits per heavy atom. The highest BCUT2D eigenvalue weighted by Gasteiger charge is 2.39. The first kappa shape index (κ1) is 21.8. The highest BCUT2D eigenvalue weighted by Crippen LogP contribution is 2.32. The van der Waals surface area contributed by atoms with E-state index >= 15 is 0 Å². The second kappa shape index (κ2) is 8.59. The van der Waals surface area contributed by atoms with Crippen LogP contribution in [0.5, 0.6) is 5.75 Å². The lowest BCUT2D eigenvalue weighted by Crippen LogP contribution is -2.52. The number of amides is 3. The summed E-state index contributed by atoms with van der Waals surface area (Å²) in [7, 11) is 0. The summed E-state index contributed by atoms with van der Waals surface area (Å²) >= 11 is 0. The zero-order valence-corrected chi connectivity index (χ0v) is 18.1. The number of benzene rings is 1. The molecule has 0 radical (unpaired) electrons. The van der Waals surface area contributed by atoms with Gasteiger partial charge in [-0.25, -0.2) is 0 Å². The summed E-state index contributed by atoms with van der Waals surface area (Å²) in [6.07, 6.45) is 4.74. The molecule has 1 aromatic carbocycles. The minimum atomic E-state index is -0.782. The minimum Gasteiger partial charge on any atom is -0.489 e. The summed E-state index contributed by atoms with van der Waals surface area (Å²) in [5.41, 5.74) is 0.636. The quantitative estimate of drug-likeness (QED) is 0.592. The summed E-state index contributed by atoms with van der Waals surface area (Å²) in [6.45, 7) is 4.40. The summed E-state index contributed by atoms with van der Waals surface area (Å²) < 4.78 is 6.31. The molecule has 1 aliphatic carbocycles. The highest BCUT2D eigenvalue weighted by atomic mass is 16.5. The zero-order valence-electron chi connectivity index (χ0n) is 18.1. The minimum absolute atomic E-state index is 0.00232. The van der Waals surface area contributed by atoms with E-state index in [1.165, 1.54) is 0 Å². The molecule has 8 nitrogen and oxygen atoms in total. The number of imide groups is 1. The molecule has 0 bridgehead atoms. The molecule has 31 heavy (non-hydrogen) atoms. The third kappa shape index (κ3) is 4.91. The van der Waals surface area contributed by atoms with Crippen LogP contribution in [0.25, 0.3) is 0 Å². The first-order valence-electron chi connectivity index (χ1n) is 11.1. The average Bonchev–Trinajstić information content (AvgIpc) is 3.02. The lowest BCUT2D eigenvalue weighted by Gasteiger charge is -2.34. The van der Waals surface area contributed by atoms with E-state index in [2.05, 4.69) is 10.6 Å². The smallest absolute Gasteiger partial charge is 0.255 e. The Bertz CT molecular complexity index is 878. The maximum atomic E-state index is 12.8. The van der Waals surface area contributed by atoms with Crippen LogP contribution in [0.3, 0.4) is 0 Å². The van der Waals surface area contributed by atoms with Gasteiger partial charge in [0.25, 0.3) is 5.91 Å². The number of carbonyl (C=O) groups excluding carboxylic acids is 3. The molecule has 0 spiro atoms. The fourth-order valence-electron chi connectivity index (χ4n) is 4.65. The van der Waals surface area contributed by atoms with Crippen LogP contribution >= 0.6 is 0 Å². The summed E-state index contributed by atoms with van der Waals surface area (Å²) in [5, 5.41) is 15.8. The molecule has 1 saturated carbocycles. The average molecular weight is 430 g/mol. The standard InChI is InChI=1S/C23H31N3O5/c1-23(2,30)13-24-17-5-3-4-6-19(17)31-15-7-8-16-14(11-15)12-26(22(16)29)18-9-10-20(27)25-21(18)28/h7-8,11,17-19,24,30H,3-6,9-10,12-13H2,1-2H3,(H,25,27,28)/t17-,18?,19+/m1/s1. The lowest BCUT2D eigenvalue weighted by molar-refractivity contribution is -0.136. The third-order valence-corrected chi connectivity index (χ3v) is 6.28. The molecule has 2 fully saturated rings. The van der Waals surface area contributed by atoms with Crippen molar-refractivity contribution in [2.24, 2.45) is 0 Å². The van der Waals surface area contributed by atoms with Crippen LogP contribution in [0, 0.1) is 0 Å². The molecule has 3 amide bonds. The number of hydrogen-bond acceptors (Lipinski definition) is 6. The molecule has 1 aromatic rings. The maximum Gasteiger partial charge on any atom is 0.255 e. The van der Waals surface area contributed by atoms with Gasteiger partial charge in [0.15, 0.2) is 0 Å². The van der Waals surface area contributed by atoms with Crippen LogP contribution in [-0.4, -0.2) is 58.1 Å². The van der Waals surface area contributed by atoms with Crippen molar-refractivity contribution in [3.05, 3.63) is 29.3 Å². The SMILES string of the molecule is CC(C)(O)CN[C@@H]1CCCC[C@@H]1Oc1ccc2c(c1)CN(C1CCC(=O)NC1=O)C2=O. The fraction of sp³-hybridized carbons (Fsp3) is 0.609. The number of nitrogens with one attached hydrogen (secondary N) is 2. The van der Waals surface area contributed by atoms with Gasteiger partial charge in [-0.15, -0.1) is 0 Å². The molecule has 4 rings (SSSR count). The van der Waals surface area contributed by atoms with Crippen LogP contribution in [0.1, 0.15) is 68.3 Å². The number of hydrogen-bond donors (Lipinski definition) is 3. The van der Waals surface area contributed by atoms with Gasteiger partial charge in [-0.3, -0.25) is 19.7 Å². The van der Waals surface area contributed by atoms with Crippen molar-refractivity contribution in [2.75, 3.05) is 6.54 Å². The summed E-state index contributed by atoms with van der Waals surface area (Å²) in [4.78, 5) is 38.0. The normalized spacial score (nSPS) is 26.6. The van der Waals surface area contributed by atoms with E-state index in [-0.39, 0.29) is 30.4 Å². The number of ether oxygens (including phenoxy) is 1. The van der Waals surface area contributed by atoms with Crippen molar-refractivity contribution in [3.8, 4) is 5.75 Å². The molecule has 2 aliphatic heterocycles. The Morgan fingerprint density at radius 1 is 1.19 bits per heavy atom. The van der Waals surface area contributed by atoms with Gasteiger partial charge in [-0.2, -0.15) is 0 Å². The predicted octanol–water partition coefficient (Wildman–Crippen LogP) is 1.50. The van der Waals surface area contributed by atoms with Crippen molar-refractivity contribution in [1.82, 2.24) is 15.5 Å². The maximum absolute atomic E-state index is 12.8. The van der Waals surface area contributed by atoms with Crippen molar-refractivity contribution in [2.45, 2.75) is 82.7 Å². The molecule has 1 saturated heterocycles. The van der Waals surface area contributed by atoms with E-state index in [9.17, 15) is 19.5 Å². The van der Waals surface area contributed by atoms with E-state index in [0.29, 0.717) is 30.8 Å². The van der Waals surface area contributed by atoms with Crippen molar-refractivity contribution in [3.63, 3.8) is 0 Å². The molecule has 1 unspecified atom stereocenters. The summed E-state index contributed by atoms with van der Waals surface area (Å²) in [6, 6.07) is 5.01. The molecule has 8 heteroatoms. The van der Waals surface area contributed by atoms with E-state index < -0.39 is 17.6 Å². The number of nitrogens with zero attached hydrogens (tertiary/aromatic N) is 1. The molecule has 0 aromatic heterocycles. The number of carbonyl (C=O) groups is 3. The lowest BCUT2D eigenvalue weighted by atomic mass is 9.91. The third-order valence-electron chi connectivity index (χ3n) is 6.28. The molecule has 168 valence electrons. The molecule has 3 aliphatic rings. The van der Waals surface area contributed by atoms with Gasteiger partial charge in [-0.05, 0) is 63.3 Å². The topological polar surface area (TPSA) is 108 Å². The Hall–Kier alpha value is -2.45. The van der Waals surface area contributed by atoms with E-state index in [1.54, 1.807) is 24.8 Å². The number of fused-ring (bicyclic) bond motifs is 1. The van der Waals surface area contributed by atoms with Crippen LogP contribution in [-0.2, 0) is 16.1 Å². The van der Waals surface area contributed by atoms with Gasteiger partial charge in [-0.1, -0.05) is 6.42 Å². The first-order valence-corrected chi connectivity index (χ1v) is 11.1. The molecular formula is C23H31N3O5. The van der Waals surface area contributed by atoms with Gasteiger partial charge < -0.3 is 20.1 Å². The van der Waals surface area contributed by atoms with Gasteiger partial charge in [0.1, 0.15) is 17.9 Å². The van der Waals surface area contributed by atoms with Crippen LogP contribution < -0.4 is 15.4 Å². The number of aliphatic hydroxyl groups is 1. The first-order chi connectivity index (χ1) is 14.7. The largest absolute Gasteiger partial charge is 0.489 e. The predicted molar refractivity (Wildman–Crippen MR) is 113 cm³/mol. The second-order valence-electron chi connectivity index (χ2n) is 9.46. The second-order valence-corrected chi connectivity index (χ2v) is 9.46. The van der Waals surface area contributed by atoms with Gasteiger partial charge in [0.05, 0.1) is 5.60 Å². The van der Waals surface area contributed by atoms with Crippen molar-refractivity contribution >= 4 is 17.7 Å². The number of rotatable bonds is 6. The molecule has 3 atom stereocenters. The van der Waals surface area contributed by atoms with Crippen molar-refractivity contribution < 1.29 is 24.2 Å². The van der Waals surface area contributed by atoms with Crippen LogP contribution in [0.4, 0.5) is 0 Å². The Kier molecular flexibility index (Phi) is 6.03. The van der Waals surface area contributed by atoms with Gasteiger partial charge >= 0.3 is 0 Å². The fourth-order valence-corrected chi connectivity index (χ4v) is 4.65. The monoisotopic (exact) mass is 429 g/mol. The van der Waals surface area contributed by atoms with E-state index in [0.717, 1.165) is 31.2 Å². The van der Waals surface area contributed by atoms with Gasteiger partial charge in [0.2, 0.25) is 11.8 Å². The zero-order chi connectivity index (χ0) is 22.2. The Morgan fingerprint density at radius 3 is 2.71 bits per heavy atom. The van der Waals surface area contributed by atoms with Gasteiger partial charge in [0, 0.05) is 31.1 Å². The Labute approximate surface area is 182 Å². The Balaban J connectivity index is 1.44. The molecule has 2 heterocycles.